The quantitative estimate of drug-likeness (QED) is 0.666. The fraction of sp³-hybridized carbons (Fsp3) is 0.278. The highest BCUT2D eigenvalue weighted by Gasteiger charge is 2.37. The van der Waals surface area contributed by atoms with E-state index in [0.29, 0.717) is 0 Å². The second kappa shape index (κ2) is 8.83. The van der Waals surface area contributed by atoms with Crippen molar-refractivity contribution >= 4 is 6.09 Å². The molecule has 0 fully saturated rings. The SMILES string of the molecule is O=C(NCC(O)C(O)c1ccc(F)cc1C(F)(F)F)OCc1ccccc1. The Morgan fingerprint density at radius 2 is 1.78 bits per heavy atom. The first-order valence-corrected chi connectivity index (χ1v) is 7.86. The van der Waals surface area contributed by atoms with Gasteiger partial charge in [0, 0.05) is 6.54 Å². The molecule has 0 aromatic heterocycles. The first kappa shape index (κ1) is 20.7. The van der Waals surface area contributed by atoms with Crippen molar-refractivity contribution in [1.82, 2.24) is 5.32 Å². The minimum Gasteiger partial charge on any atom is -0.445 e. The Labute approximate surface area is 152 Å². The van der Waals surface area contributed by atoms with Crippen molar-refractivity contribution in [1.29, 1.82) is 0 Å². The molecule has 2 aromatic carbocycles. The number of hydrogen-bond acceptors (Lipinski definition) is 4. The smallest absolute Gasteiger partial charge is 0.416 e. The van der Waals surface area contributed by atoms with Crippen LogP contribution in [0.15, 0.2) is 48.5 Å². The number of alkyl halides is 3. The van der Waals surface area contributed by atoms with Crippen LogP contribution in [-0.2, 0) is 17.5 Å². The largest absolute Gasteiger partial charge is 0.445 e. The first-order valence-electron chi connectivity index (χ1n) is 7.86. The van der Waals surface area contributed by atoms with Gasteiger partial charge < -0.3 is 20.3 Å². The molecule has 0 saturated carbocycles. The molecule has 1 amide bonds. The van der Waals surface area contributed by atoms with E-state index in [9.17, 15) is 32.6 Å². The molecule has 2 aromatic rings. The number of benzene rings is 2. The van der Waals surface area contributed by atoms with Crippen molar-refractivity contribution in [3.05, 3.63) is 71.0 Å². The summed E-state index contributed by atoms with van der Waals surface area (Å²) >= 11 is 0. The van der Waals surface area contributed by atoms with Crippen molar-refractivity contribution in [3.8, 4) is 0 Å². The van der Waals surface area contributed by atoms with Gasteiger partial charge in [-0.1, -0.05) is 36.4 Å². The van der Waals surface area contributed by atoms with Crippen LogP contribution >= 0.6 is 0 Å². The molecular formula is C18H17F4NO4. The van der Waals surface area contributed by atoms with Crippen LogP contribution in [0.4, 0.5) is 22.4 Å². The number of amides is 1. The predicted octanol–water partition coefficient (Wildman–Crippen LogP) is 3.17. The number of halogens is 4. The van der Waals surface area contributed by atoms with Gasteiger partial charge >= 0.3 is 12.3 Å². The summed E-state index contributed by atoms with van der Waals surface area (Å²) in [5, 5.41) is 22.0. The molecule has 0 bridgehead atoms. The summed E-state index contributed by atoms with van der Waals surface area (Å²) < 4.78 is 56.9. The van der Waals surface area contributed by atoms with E-state index in [4.69, 9.17) is 4.74 Å². The maximum Gasteiger partial charge on any atom is 0.416 e. The van der Waals surface area contributed by atoms with E-state index in [0.717, 1.165) is 17.7 Å². The lowest BCUT2D eigenvalue weighted by Crippen LogP contribution is -2.36. The Morgan fingerprint density at radius 1 is 1.11 bits per heavy atom. The molecule has 2 atom stereocenters. The van der Waals surface area contributed by atoms with Gasteiger partial charge in [0.25, 0.3) is 0 Å². The number of aliphatic hydroxyl groups is 2. The van der Waals surface area contributed by atoms with Gasteiger partial charge in [-0.15, -0.1) is 0 Å². The summed E-state index contributed by atoms with van der Waals surface area (Å²) in [6.07, 6.45) is -9.59. The second-order valence-electron chi connectivity index (χ2n) is 5.68. The van der Waals surface area contributed by atoms with Crippen molar-refractivity contribution in [2.75, 3.05) is 6.54 Å². The standard InChI is InChI=1S/C18H17F4NO4/c19-12-6-7-13(14(8-12)18(20,21)22)16(25)15(24)9-23-17(26)27-10-11-4-2-1-3-5-11/h1-8,15-16,24-25H,9-10H2,(H,23,26). The molecule has 0 spiro atoms. The van der Waals surface area contributed by atoms with Gasteiger partial charge in [0.15, 0.2) is 0 Å². The highest BCUT2D eigenvalue weighted by atomic mass is 19.4. The van der Waals surface area contributed by atoms with Crippen LogP contribution in [0, 0.1) is 5.82 Å². The Balaban J connectivity index is 1.94. The number of carbonyl (C=O) groups excluding carboxylic acids is 1. The number of ether oxygens (including phenoxy) is 1. The number of alkyl carbamates (subject to hydrolysis) is 1. The Bertz CT molecular complexity index is 768. The molecular weight excluding hydrogens is 370 g/mol. The Morgan fingerprint density at radius 3 is 2.41 bits per heavy atom. The lowest BCUT2D eigenvalue weighted by Gasteiger charge is -2.22. The van der Waals surface area contributed by atoms with E-state index in [2.05, 4.69) is 5.32 Å². The van der Waals surface area contributed by atoms with Crippen molar-refractivity contribution in [2.45, 2.75) is 25.0 Å². The van der Waals surface area contributed by atoms with E-state index in [1.54, 1.807) is 30.3 Å². The number of hydrogen-bond donors (Lipinski definition) is 3. The maximum atomic E-state index is 13.1. The minimum atomic E-state index is -4.92. The molecule has 0 radical (unpaired) electrons. The lowest BCUT2D eigenvalue weighted by molar-refractivity contribution is -0.140. The van der Waals surface area contributed by atoms with Gasteiger partial charge in [-0.3, -0.25) is 0 Å². The minimum absolute atomic E-state index is 0.0402. The van der Waals surface area contributed by atoms with Gasteiger partial charge in [0.05, 0.1) is 5.56 Å². The summed E-state index contributed by atoms with van der Waals surface area (Å²) in [6, 6.07) is 10.4. The second-order valence-corrected chi connectivity index (χ2v) is 5.68. The van der Waals surface area contributed by atoms with Crippen LogP contribution in [-0.4, -0.2) is 29.0 Å². The van der Waals surface area contributed by atoms with Crippen molar-refractivity contribution < 1.29 is 37.3 Å². The average Bonchev–Trinajstić information content (AvgIpc) is 2.64. The molecule has 9 heteroatoms. The zero-order chi connectivity index (χ0) is 20.0. The highest BCUT2D eigenvalue weighted by Crippen LogP contribution is 2.35. The van der Waals surface area contributed by atoms with Crippen LogP contribution in [0.1, 0.15) is 22.8 Å². The molecule has 3 N–H and O–H groups in total. The fourth-order valence-corrected chi connectivity index (χ4v) is 2.31. The summed E-state index contributed by atoms with van der Waals surface area (Å²) in [7, 11) is 0. The number of nitrogens with one attached hydrogen (secondary N) is 1. The van der Waals surface area contributed by atoms with Crippen molar-refractivity contribution in [2.24, 2.45) is 0 Å². The molecule has 0 aliphatic heterocycles. The lowest BCUT2D eigenvalue weighted by atomic mass is 9.98. The fourth-order valence-electron chi connectivity index (χ4n) is 2.31. The third kappa shape index (κ3) is 5.93. The van der Waals surface area contributed by atoms with E-state index >= 15 is 0 Å². The summed E-state index contributed by atoms with van der Waals surface area (Å²) in [5.74, 6) is -1.13. The molecule has 0 heterocycles. The van der Waals surface area contributed by atoms with Crippen LogP contribution in [0.25, 0.3) is 0 Å². The van der Waals surface area contributed by atoms with Gasteiger partial charge in [0.2, 0.25) is 0 Å². The first-order chi connectivity index (χ1) is 12.7. The number of carbonyl (C=O) groups is 1. The van der Waals surface area contributed by atoms with E-state index in [1.807, 2.05) is 0 Å². The van der Waals surface area contributed by atoms with Gasteiger partial charge in [-0.2, -0.15) is 13.2 Å². The van der Waals surface area contributed by atoms with Gasteiger partial charge in [0.1, 0.15) is 24.6 Å². The molecule has 27 heavy (non-hydrogen) atoms. The predicted molar refractivity (Wildman–Crippen MR) is 87.0 cm³/mol. The van der Waals surface area contributed by atoms with Gasteiger partial charge in [-0.25, -0.2) is 9.18 Å². The summed E-state index contributed by atoms with van der Waals surface area (Å²) in [4.78, 5) is 11.6. The molecule has 146 valence electrons. The third-order valence-electron chi connectivity index (χ3n) is 3.67. The molecule has 2 unspecified atom stereocenters. The zero-order valence-electron chi connectivity index (χ0n) is 13.9. The zero-order valence-corrected chi connectivity index (χ0v) is 13.9. The number of rotatable bonds is 6. The molecule has 0 saturated heterocycles. The van der Waals surface area contributed by atoms with Crippen LogP contribution in [0.3, 0.4) is 0 Å². The van der Waals surface area contributed by atoms with E-state index < -0.39 is 48.0 Å². The molecule has 2 rings (SSSR count). The van der Waals surface area contributed by atoms with E-state index in [1.165, 1.54) is 0 Å². The van der Waals surface area contributed by atoms with Crippen LogP contribution < -0.4 is 5.32 Å². The number of aliphatic hydroxyl groups excluding tert-OH is 2. The maximum absolute atomic E-state index is 13.1. The Kier molecular flexibility index (Phi) is 6.75. The van der Waals surface area contributed by atoms with E-state index in [-0.39, 0.29) is 12.7 Å². The van der Waals surface area contributed by atoms with Crippen molar-refractivity contribution in [3.63, 3.8) is 0 Å². The topological polar surface area (TPSA) is 78.8 Å². The normalized spacial score (nSPS) is 13.7. The molecule has 0 aliphatic rings. The van der Waals surface area contributed by atoms with Gasteiger partial charge in [-0.05, 0) is 23.3 Å². The van der Waals surface area contributed by atoms with Crippen LogP contribution in [0.2, 0.25) is 0 Å². The average molecular weight is 387 g/mol. The summed E-state index contributed by atoms with van der Waals surface area (Å²) in [5.41, 5.74) is -1.38. The third-order valence-corrected chi connectivity index (χ3v) is 3.67. The Hall–Kier alpha value is -2.65. The molecule has 0 aliphatic carbocycles. The van der Waals surface area contributed by atoms with Crippen LogP contribution in [0.5, 0.6) is 0 Å². The monoisotopic (exact) mass is 387 g/mol. The molecule has 5 nitrogen and oxygen atoms in total. The highest BCUT2D eigenvalue weighted by molar-refractivity contribution is 5.67. The summed E-state index contributed by atoms with van der Waals surface area (Å²) in [6.45, 7) is -0.606.